The van der Waals surface area contributed by atoms with Gasteiger partial charge in [-0.15, -0.1) is 0 Å². The van der Waals surface area contributed by atoms with Crippen molar-refractivity contribution in [2.75, 3.05) is 20.2 Å². The summed E-state index contributed by atoms with van der Waals surface area (Å²) in [5.41, 5.74) is 8.25. The lowest BCUT2D eigenvalue weighted by Gasteiger charge is -2.44. The summed E-state index contributed by atoms with van der Waals surface area (Å²) in [5.74, 6) is -0.578. The molecule has 4 rings (SSSR count). The van der Waals surface area contributed by atoms with E-state index in [0.29, 0.717) is 24.4 Å². The lowest BCUT2D eigenvalue weighted by molar-refractivity contribution is -0.151. The molecule has 1 aliphatic carbocycles. The molecule has 2 aromatic rings. The molecule has 1 atom stereocenters. The molecule has 0 bridgehead atoms. The van der Waals surface area contributed by atoms with E-state index in [1.807, 2.05) is 24.3 Å². The second-order valence-corrected chi connectivity index (χ2v) is 8.77. The molecule has 1 unspecified atom stereocenters. The summed E-state index contributed by atoms with van der Waals surface area (Å²) in [4.78, 5) is 18.8. The van der Waals surface area contributed by atoms with Gasteiger partial charge in [0.15, 0.2) is 0 Å². The van der Waals surface area contributed by atoms with Crippen LogP contribution in [0.15, 0.2) is 87.9 Å². The van der Waals surface area contributed by atoms with Crippen LogP contribution in [0.5, 0.6) is 0 Å². The van der Waals surface area contributed by atoms with Crippen LogP contribution >= 0.6 is 11.9 Å². The smallest absolute Gasteiger partial charge is 0.317 e. The zero-order valence-corrected chi connectivity index (χ0v) is 18.1. The minimum absolute atomic E-state index is 0.266. The highest BCUT2D eigenvalue weighted by Crippen LogP contribution is 2.47. The Hall–Kier alpha value is -2.90. The van der Waals surface area contributed by atoms with Crippen LogP contribution in [-0.2, 0) is 9.53 Å². The summed E-state index contributed by atoms with van der Waals surface area (Å²) in [6.45, 7) is 1.32. The van der Waals surface area contributed by atoms with Crippen LogP contribution in [0.4, 0.5) is 10.1 Å². The van der Waals surface area contributed by atoms with Gasteiger partial charge in [-0.05, 0) is 84.6 Å². The SMILES string of the molecule is COC(=O)C12CC(=CN)C(=Nc3ccc(F)cc3)C=C1CCN(Sc1ccccc1)C2. The number of carbonyl (C=O) groups excluding carboxylic acids is 1. The molecule has 0 amide bonds. The van der Waals surface area contributed by atoms with Gasteiger partial charge < -0.3 is 10.5 Å². The molecule has 0 saturated carbocycles. The van der Waals surface area contributed by atoms with E-state index in [0.717, 1.165) is 29.0 Å². The fourth-order valence-electron chi connectivity index (χ4n) is 4.09. The van der Waals surface area contributed by atoms with Crippen molar-refractivity contribution in [2.24, 2.45) is 16.1 Å². The minimum Gasteiger partial charge on any atom is -0.468 e. The van der Waals surface area contributed by atoms with E-state index in [9.17, 15) is 9.18 Å². The van der Waals surface area contributed by atoms with Gasteiger partial charge in [-0.1, -0.05) is 18.2 Å². The second-order valence-electron chi connectivity index (χ2n) is 7.60. The first-order valence-corrected chi connectivity index (χ1v) is 10.8. The zero-order valence-electron chi connectivity index (χ0n) is 17.3. The fraction of sp³-hybridized carbons (Fsp3) is 0.250. The summed E-state index contributed by atoms with van der Waals surface area (Å²) in [6, 6.07) is 16.1. The predicted molar refractivity (Wildman–Crippen MR) is 121 cm³/mol. The van der Waals surface area contributed by atoms with Crippen molar-refractivity contribution in [1.29, 1.82) is 0 Å². The molecule has 7 heteroatoms. The number of ether oxygens (including phenoxy) is 1. The number of piperidine rings is 1. The van der Waals surface area contributed by atoms with Gasteiger partial charge in [-0.25, -0.2) is 13.7 Å². The largest absolute Gasteiger partial charge is 0.468 e. The van der Waals surface area contributed by atoms with Crippen molar-refractivity contribution >= 4 is 29.3 Å². The van der Waals surface area contributed by atoms with E-state index < -0.39 is 5.41 Å². The Labute approximate surface area is 185 Å². The summed E-state index contributed by atoms with van der Waals surface area (Å²) in [6.07, 6.45) is 4.58. The number of carbonyl (C=O) groups is 1. The van der Waals surface area contributed by atoms with Crippen LogP contribution in [0.3, 0.4) is 0 Å². The number of aliphatic imine (C=N–C) groups is 1. The van der Waals surface area contributed by atoms with Crippen molar-refractivity contribution in [3.05, 3.63) is 83.8 Å². The number of hydrogen-bond donors (Lipinski definition) is 1. The molecule has 0 aromatic heterocycles. The van der Waals surface area contributed by atoms with Crippen molar-refractivity contribution in [3.8, 4) is 0 Å². The van der Waals surface area contributed by atoms with Gasteiger partial charge in [-0.3, -0.25) is 4.79 Å². The first-order valence-electron chi connectivity index (χ1n) is 10.1. The Kier molecular flexibility index (Phi) is 6.25. The molecule has 160 valence electrons. The maximum Gasteiger partial charge on any atom is 0.317 e. The highest BCUT2D eigenvalue weighted by molar-refractivity contribution is 7.97. The van der Waals surface area contributed by atoms with Gasteiger partial charge in [-0.2, -0.15) is 0 Å². The molecule has 0 radical (unpaired) electrons. The predicted octanol–water partition coefficient (Wildman–Crippen LogP) is 4.64. The first-order chi connectivity index (χ1) is 15.0. The molecule has 2 aliphatic rings. The number of rotatable bonds is 4. The van der Waals surface area contributed by atoms with Gasteiger partial charge in [0.2, 0.25) is 0 Å². The molecule has 2 aromatic carbocycles. The molecule has 31 heavy (non-hydrogen) atoms. The lowest BCUT2D eigenvalue weighted by Crippen LogP contribution is -2.50. The zero-order chi connectivity index (χ0) is 21.8. The van der Waals surface area contributed by atoms with Crippen LogP contribution < -0.4 is 5.73 Å². The molecular weight excluding hydrogens is 413 g/mol. The van der Waals surface area contributed by atoms with Crippen molar-refractivity contribution < 1.29 is 13.9 Å². The van der Waals surface area contributed by atoms with E-state index in [1.165, 1.54) is 25.4 Å². The van der Waals surface area contributed by atoms with Gasteiger partial charge in [0, 0.05) is 18.0 Å². The number of methoxy groups -OCH3 is 1. The standard InChI is InChI=1S/C24H24FN3O2S/c1-30-23(29)24-14-17(15-26)22(27-20-9-7-19(25)8-10-20)13-18(24)11-12-28(16-24)31-21-5-3-2-4-6-21/h2-10,13,15H,11-12,14,16,26H2,1H3. The Morgan fingerprint density at radius 1 is 1.23 bits per heavy atom. The Balaban J connectivity index is 1.68. The van der Waals surface area contributed by atoms with Crippen LogP contribution in [0.1, 0.15) is 12.8 Å². The average Bonchev–Trinajstić information content (AvgIpc) is 2.80. The third kappa shape index (κ3) is 4.43. The quantitative estimate of drug-likeness (QED) is 0.557. The van der Waals surface area contributed by atoms with E-state index >= 15 is 0 Å². The number of allylic oxidation sites excluding steroid dienone is 2. The highest BCUT2D eigenvalue weighted by atomic mass is 32.2. The second kappa shape index (κ2) is 9.08. The summed E-state index contributed by atoms with van der Waals surface area (Å²) < 4.78 is 20.7. The topological polar surface area (TPSA) is 67.9 Å². The Morgan fingerprint density at radius 3 is 2.65 bits per heavy atom. The van der Waals surface area contributed by atoms with E-state index in [1.54, 1.807) is 24.1 Å². The molecule has 1 heterocycles. The number of esters is 1. The number of fused-ring (bicyclic) bond motifs is 1. The average molecular weight is 438 g/mol. The van der Waals surface area contributed by atoms with Crippen molar-refractivity contribution in [1.82, 2.24) is 4.31 Å². The van der Waals surface area contributed by atoms with E-state index in [2.05, 4.69) is 21.4 Å². The Morgan fingerprint density at radius 2 is 1.97 bits per heavy atom. The van der Waals surface area contributed by atoms with Crippen LogP contribution in [0.25, 0.3) is 0 Å². The first kappa shape index (κ1) is 21.3. The molecule has 2 N–H and O–H groups in total. The third-order valence-corrected chi connectivity index (χ3v) is 6.71. The van der Waals surface area contributed by atoms with Gasteiger partial charge in [0.05, 0.1) is 18.5 Å². The normalized spacial score (nSPS) is 24.0. The molecule has 0 spiro atoms. The molecule has 5 nitrogen and oxygen atoms in total. The number of hydrogen-bond acceptors (Lipinski definition) is 6. The third-order valence-electron chi connectivity index (χ3n) is 5.65. The summed E-state index contributed by atoms with van der Waals surface area (Å²) >= 11 is 1.64. The molecule has 1 fully saturated rings. The van der Waals surface area contributed by atoms with Crippen molar-refractivity contribution in [3.63, 3.8) is 0 Å². The maximum absolute atomic E-state index is 13.3. The van der Waals surface area contributed by atoms with Crippen LogP contribution in [0, 0.1) is 11.2 Å². The number of nitrogens with zero attached hydrogens (tertiary/aromatic N) is 2. The monoisotopic (exact) mass is 437 g/mol. The highest BCUT2D eigenvalue weighted by Gasteiger charge is 2.50. The van der Waals surface area contributed by atoms with Crippen molar-refractivity contribution in [2.45, 2.75) is 17.7 Å². The molecule has 1 aliphatic heterocycles. The van der Waals surface area contributed by atoms with Gasteiger partial charge in [0.1, 0.15) is 11.2 Å². The number of nitrogens with two attached hydrogens (primary N) is 1. The maximum atomic E-state index is 13.3. The number of benzene rings is 2. The van der Waals surface area contributed by atoms with Gasteiger partial charge in [0.25, 0.3) is 0 Å². The fourth-order valence-corrected chi connectivity index (χ4v) is 5.14. The van der Waals surface area contributed by atoms with Gasteiger partial charge >= 0.3 is 5.97 Å². The van der Waals surface area contributed by atoms with Crippen LogP contribution in [0.2, 0.25) is 0 Å². The van der Waals surface area contributed by atoms with E-state index in [-0.39, 0.29) is 11.8 Å². The summed E-state index contributed by atoms with van der Waals surface area (Å²) in [7, 11) is 1.42. The minimum atomic E-state index is -0.804. The molecule has 1 saturated heterocycles. The Bertz CT molecular complexity index is 1050. The lowest BCUT2D eigenvalue weighted by atomic mass is 9.67. The van der Waals surface area contributed by atoms with Crippen LogP contribution in [-0.4, -0.2) is 36.2 Å². The summed E-state index contributed by atoms with van der Waals surface area (Å²) in [5, 5.41) is 0. The van der Waals surface area contributed by atoms with E-state index in [4.69, 9.17) is 10.5 Å². The number of halogens is 1. The molecular formula is C24H24FN3O2S.